The van der Waals surface area contributed by atoms with Gasteiger partial charge < -0.3 is 10.2 Å². The van der Waals surface area contributed by atoms with E-state index >= 15 is 0 Å². The van der Waals surface area contributed by atoms with Gasteiger partial charge in [0.15, 0.2) is 0 Å². The first-order chi connectivity index (χ1) is 12.7. The first-order valence-corrected chi connectivity index (χ1v) is 9.83. The lowest BCUT2D eigenvalue weighted by molar-refractivity contribution is 0.0951. The second-order valence-corrected chi connectivity index (χ2v) is 7.66. The summed E-state index contributed by atoms with van der Waals surface area (Å²) in [5.41, 5.74) is 4.54. The Labute approximate surface area is 158 Å². The smallest absolute Gasteiger partial charge is 0.251 e. The monoisotopic (exact) mass is 362 g/mol. The van der Waals surface area contributed by atoms with Crippen molar-refractivity contribution in [3.63, 3.8) is 0 Å². The van der Waals surface area contributed by atoms with Crippen LogP contribution in [0.1, 0.15) is 32.4 Å². The number of amides is 1. The van der Waals surface area contributed by atoms with Crippen molar-refractivity contribution in [3.05, 3.63) is 87.6 Å². The molecule has 1 aliphatic rings. The number of anilines is 1. The maximum atomic E-state index is 12.6. The van der Waals surface area contributed by atoms with Gasteiger partial charge in [-0.25, -0.2) is 0 Å². The number of para-hydroxylation sites is 1. The standard InChI is InChI=1S/C22H22N2OS/c1-16-8-10-18(11-9-16)22(25)23-15-20(21-7-4-14-26-21)24-13-12-17-5-2-3-6-19(17)24/h2-11,14,20H,12-13,15H2,1H3,(H,23,25)/t20-/m1/s1. The second kappa shape index (κ2) is 7.34. The Hall–Kier alpha value is -2.59. The van der Waals surface area contributed by atoms with Crippen LogP contribution in [0.2, 0.25) is 0 Å². The number of carbonyl (C=O) groups excluding carboxylic acids is 1. The highest BCUT2D eigenvalue weighted by Crippen LogP contribution is 2.36. The number of rotatable bonds is 5. The fraction of sp³-hybridized carbons (Fsp3) is 0.227. The molecule has 0 aliphatic carbocycles. The van der Waals surface area contributed by atoms with Gasteiger partial charge in [0.25, 0.3) is 5.91 Å². The number of benzene rings is 2. The fourth-order valence-electron chi connectivity index (χ4n) is 3.53. The zero-order valence-corrected chi connectivity index (χ0v) is 15.6. The molecule has 2 aromatic carbocycles. The van der Waals surface area contributed by atoms with E-state index in [2.05, 4.69) is 52.0 Å². The van der Waals surface area contributed by atoms with Crippen LogP contribution in [0.5, 0.6) is 0 Å². The van der Waals surface area contributed by atoms with Gasteiger partial charge >= 0.3 is 0 Å². The van der Waals surface area contributed by atoms with Crippen LogP contribution in [0.25, 0.3) is 0 Å². The van der Waals surface area contributed by atoms with Crippen LogP contribution in [0.15, 0.2) is 66.0 Å². The van der Waals surface area contributed by atoms with E-state index in [-0.39, 0.29) is 11.9 Å². The summed E-state index contributed by atoms with van der Waals surface area (Å²) in [7, 11) is 0. The molecule has 1 atom stereocenters. The summed E-state index contributed by atoms with van der Waals surface area (Å²) >= 11 is 1.75. The molecule has 3 aromatic rings. The lowest BCUT2D eigenvalue weighted by Gasteiger charge is -2.30. The Balaban J connectivity index is 1.54. The predicted octanol–water partition coefficient (Wildman–Crippen LogP) is 4.59. The average Bonchev–Trinajstić information content (AvgIpc) is 3.33. The van der Waals surface area contributed by atoms with Gasteiger partial charge in [-0.2, -0.15) is 0 Å². The van der Waals surface area contributed by atoms with Gasteiger partial charge in [0.05, 0.1) is 6.04 Å². The van der Waals surface area contributed by atoms with Gasteiger partial charge in [-0.3, -0.25) is 4.79 Å². The number of nitrogens with one attached hydrogen (secondary N) is 1. The van der Waals surface area contributed by atoms with Crippen LogP contribution in [0.3, 0.4) is 0 Å². The molecule has 4 heteroatoms. The van der Waals surface area contributed by atoms with E-state index in [4.69, 9.17) is 0 Å². The fourth-order valence-corrected chi connectivity index (χ4v) is 4.37. The van der Waals surface area contributed by atoms with Crippen molar-refractivity contribution in [1.82, 2.24) is 5.32 Å². The van der Waals surface area contributed by atoms with Crippen LogP contribution in [0.4, 0.5) is 5.69 Å². The van der Waals surface area contributed by atoms with Crippen molar-refractivity contribution in [1.29, 1.82) is 0 Å². The molecule has 1 amide bonds. The highest BCUT2D eigenvalue weighted by Gasteiger charge is 2.28. The van der Waals surface area contributed by atoms with Gasteiger partial charge in [-0.1, -0.05) is 42.0 Å². The third kappa shape index (κ3) is 3.37. The summed E-state index contributed by atoms with van der Waals surface area (Å²) in [4.78, 5) is 16.3. The van der Waals surface area contributed by atoms with E-state index in [9.17, 15) is 4.79 Å². The maximum absolute atomic E-state index is 12.6. The molecular formula is C22H22N2OS. The van der Waals surface area contributed by atoms with Crippen molar-refractivity contribution in [2.45, 2.75) is 19.4 Å². The normalized spacial score (nSPS) is 14.1. The third-order valence-electron chi connectivity index (χ3n) is 4.94. The van der Waals surface area contributed by atoms with Crippen LogP contribution in [-0.2, 0) is 6.42 Å². The molecule has 0 radical (unpaired) electrons. The van der Waals surface area contributed by atoms with Crippen molar-refractivity contribution in [2.75, 3.05) is 18.0 Å². The zero-order chi connectivity index (χ0) is 17.9. The number of thiophene rings is 1. The molecule has 0 bridgehead atoms. The molecule has 0 saturated carbocycles. The molecule has 4 rings (SSSR count). The SMILES string of the molecule is Cc1ccc(C(=O)NC[C@H](c2cccs2)N2CCc3ccccc32)cc1. The summed E-state index contributed by atoms with van der Waals surface area (Å²) in [6.07, 6.45) is 1.06. The molecule has 26 heavy (non-hydrogen) atoms. The van der Waals surface area contributed by atoms with Crippen molar-refractivity contribution in [2.24, 2.45) is 0 Å². The highest BCUT2D eigenvalue weighted by atomic mass is 32.1. The van der Waals surface area contributed by atoms with Crippen molar-refractivity contribution >= 4 is 22.9 Å². The Morgan fingerprint density at radius 1 is 1.12 bits per heavy atom. The number of nitrogens with zero attached hydrogens (tertiary/aromatic N) is 1. The van der Waals surface area contributed by atoms with Crippen LogP contribution in [-0.4, -0.2) is 19.0 Å². The Morgan fingerprint density at radius 2 is 1.92 bits per heavy atom. The molecule has 0 fully saturated rings. The van der Waals surface area contributed by atoms with Crippen molar-refractivity contribution < 1.29 is 4.79 Å². The van der Waals surface area contributed by atoms with Gasteiger partial charge in [0, 0.05) is 29.2 Å². The first-order valence-electron chi connectivity index (χ1n) is 8.95. The molecular weight excluding hydrogens is 340 g/mol. The largest absolute Gasteiger partial charge is 0.361 e. The van der Waals surface area contributed by atoms with Crippen LogP contribution < -0.4 is 10.2 Å². The minimum atomic E-state index is -0.0148. The number of carbonyl (C=O) groups is 1. The summed E-state index contributed by atoms with van der Waals surface area (Å²) < 4.78 is 0. The van der Waals surface area contributed by atoms with E-state index in [1.165, 1.54) is 16.1 Å². The molecule has 1 N–H and O–H groups in total. The average molecular weight is 362 g/mol. The van der Waals surface area contributed by atoms with E-state index in [0.29, 0.717) is 12.1 Å². The number of fused-ring (bicyclic) bond motifs is 1. The van der Waals surface area contributed by atoms with Gasteiger partial charge in [-0.05, 0) is 48.6 Å². The summed E-state index contributed by atoms with van der Waals surface area (Å²) in [5.74, 6) is -0.0148. The van der Waals surface area contributed by atoms with E-state index in [1.807, 2.05) is 31.2 Å². The van der Waals surface area contributed by atoms with Crippen molar-refractivity contribution in [3.8, 4) is 0 Å². The van der Waals surface area contributed by atoms with Gasteiger partial charge in [0.1, 0.15) is 0 Å². The van der Waals surface area contributed by atoms with E-state index in [0.717, 1.165) is 18.5 Å². The lowest BCUT2D eigenvalue weighted by atomic mass is 10.1. The summed E-state index contributed by atoms with van der Waals surface area (Å²) in [6.45, 7) is 3.61. The molecule has 1 aliphatic heterocycles. The highest BCUT2D eigenvalue weighted by molar-refractivity contribution is 7.10. The summed E-state index contributed by atoms with van der Waals surface area (Å²) in [5, 5.41) is 5.24. The molecule has 2 heterocycles. The van der Waals surface area contributed by atoms with Gasteiger partial charge in [0.2, 0.25) is 0 Å². The topological polar surface area (TPSA) is 32.3 Å². The number of aryl methyl sites for hydroxylation is 1. The minimum absolute atomic E-state index is 0.0148. The molecule has 132 valence electrons. The first kappa shape index (κ1) is 16.9. The third-order valence-corrected chi connectivity index (χ3v) is 5.91. The maximum Gasteiger partial charge on any atom is 0.251 e. The molecule has 0 saturated heterocycles. The lowest BCUT2D eigenvalue weighted by Crippen LogP contribution is -2.37. The minimum Gasteiger partial charge on any atom is -0.361 e. The van der Waals surface area contributed by atoms with Gasteiger partial charge in [-0.15, -0.1) is 11.3 Å². The Kier molecular flexibility index (Phi) is 4.76. The zero-order valence-electron chi connectivity index (χ0n) is 14.8. The molecule has 0 spiro atoms. The Morgan fingerprint density at radius 3 is 2.69 bits per heavy atom. The quantitative estimate of drug-likeness (QED) is 0.720. The molecule has 1 aromatic heterocycles. The van der Waals surface area contributed by atoms with E-state index in [1.54, 1.807) is 11.3 Å². The molecule has 0 unspecified atom stereocenters. The predicted molar refractivity (Wildman–Crippen MR) is 108 cm³/mol. The number of hydrogen-bond acceptors (Lipinski definition) is 3. The molecule has 3 nitrogen and oxygen atoms in total. The van der Waals surface area contributed by atoms with Crippen LogP contribution >= 0.6 is 11.3 Å². The Bertz CT molecular complexity index is 887. The second-order valence-electron chi connectivity index (χ2n) is 6.68. The number of hydrogen-bond donors (Lipinski definition) is 1. The summed E-state index contributed by atoms with van der Waals surface area (Å²) in [6, 6.07) is 20.7. The van der Waals surface area contributed by atoms with Crippen LogP contribution in [0, 0.1) is 6.92 Å². The van der Waals surface area contributed by atoms with E-state index < -0.39 is 0 Å².